The minimum Gasteiger partial charge on any atom is -0.509 e. The van der Waals surface area contributed by atoms with Gasteiger partial charge in [0.05, 0.1) is 2.74 Å². The molecule has 0 aliphatic carbocycles. The van der Waals surface area contributed by atoms with Crippen molar-refractivity contribution < 1.29 is 7.85 Å². The van der Waals surface area contributed by atoms with Crippen molar-refractivity contribution in [2.45, 2.75) is 0 Å². The van der Waals surface area contributed by atoms with E-state index in [2.05, 4.69) is 0 Å². The van der Waals surface area contributed by atoms with E-state index in [-0.39, 0.29) is 11.8 Å². The molecule has 0 aromatic rings. The lowest BCUT2D eigenvalue weighted by Gasteiger charge is -1.79. The molecule has 1 nitrogen and oxygen atoms in total. The number of rotatable bonds is 2. The fourth-order valence-electron chi connectivity index (χ4n) is 0.119. The van der Waals surface area contributed by atoms with Crippen LogP contribution < -0.4 is 0 Å². The summed E-state index contributed by atoms with van der Waals surface area (Å²) in [4.78, 5) is 0. The van der Waals surface area contributed by atoms with Gasteiger partial charge in [0.1, 0.15) is 5.76 Å². The molecule has 7 heavy (non-hydrogen) atoms. The van der Waals surface area contributed by atoms with E-state index in [1.165, 1.54) is 17.2 Å². The van der Waals surface area contributed by atoms with Crippen molar-refractivity contribution in [1.82, 2.24) is 0 Å². The Morgan fingerprint density at radius 1 is 2.29 bits per heavy atom. The standard InChI is InChI=1S/C5H8OS/c1-5(6)3-4-7-2/h3-4,6H,1H2,2H3/b4-3+/i1D,3D/b4-3+,5-1?. The molecule has 0 aliphatic rings. The fourth-order valence-corrected chi connectivity index (χ4v) is 0.358. The highest BCUT2D eigenvalue weighted by molar-refractivity contribution is 8.01. The third-order valence-corrected chi connectivity index (χ3v) is 0.678. The summed E-state index contributed by atoms with van der Waals surface area (Å²) in [6.45, 7) is 0.745. The molecule has 1 N–H and O–H groups in total. The first-order valence-electron chi connectivity index (χ1n) is 2.77. The van der Waals surface area contributed by atoms with Crippen LogP contribution in [0.1, 0.15) is 2.74 Å². The Kier molecular flexibility index (Phi) is 1.96. The van der Waals surface area contributed by atoms with Crippen molar-refractivity contribution in [3.63, 3.8) is 0 Å². The molecule has 0 saturated carbocycles. The van der Waals surface area contributed by atoms with Gasteiger partial charge in [-0.15, -0.1) is 11.8 Å². The maximum absolute atomic E-state index is 8.66. The Bertz CT molecular complexity index is 142. The van der Waals surface area contributed by atoms with Crippen LogP contribution in [0.25, 0.3) is 0 Å². The molecule has 0 aromatic carbocycles. The smallest absolute Gasteiger partial charge is 0.108 e. The van der Waals surface area contributed by atoms with Crippen molar-refractivity contribution in [3.8, 4) is 0 Å². The number of aliphatic hydroxyl groups excluding tert-OH is 1. The first-order chi connectivity index (χ1) is 4.22. The van der Waals surface area contributed by atoms with Gasteiger partial charge >= 0.3 is 0 Å². The summed E-state index contributed by atoms with van der Waals surface area (Å²) in [6, 6.07) is -0.0162. The van der Waals surface area contributed by atoms with Gasteiger partial charge in [-0.3, -0.25) is 0 Å². The highest BCUT2D eigenvalue weighted by Crippen LogP contribution is 1.95. The first kappa shape index (κ1) is 3.61. The highest BCUT2D eigenvalue weighted by Gasteiger charge is 1.70. The molecule has 40 valence electrons. The molecule has 0 aromatic heterocycles. The van der Waals surface area contributed by atoms with Gasteiger partial charge in [0.25, 0.3) is 0 Å². The van der Waals surface area contributed by atoms with Crippen LogP contribution in [0, 0.1) is 0 Å². The predicted molar refractivity (Wildman–Crippen MR) is 34.4 cm³/mol. The van der Waals surface area contributed by atoms with Crippen LogP contribution >= 0.6 is 11.8 Å². The van der Waals surface area contributed by atoms with Crippen LogP contribution in [0.15, 0.2) is 23.8 Å². The molecule has 0 fully saturated rings. The predicted octanol–water partition coefficient (Wildman–Crippen LogP) is 1.93. The van der Waals surface area contributed by atoms with E-state index in [0.717, 1.165) is 6.55 Å². The molecule has 0 spiro atoms. The van der Waals surface area contributed by atoms with Crippen LogP contribution in [-0.2, 0) is 0 Å². The number of thioether (sulfide) groups is 1. The highest BCUT2D eigenvalue weighted by atomic mass is 32.2. The summed E-state index contributed by atoms with van der Waals surface area (Å²) in [7, 11) is 0. The van der Waals surface area contributed by atoms with E-state index < -0.39 is 0 Å². The molecule has 0 heterocycles. The third-order valence-electron chi connectivity index (χ3n) is 0.325. The molecule has 0 atom stereocenters. The van der Waals surface area contributed by atoms with E-state index in [1.54, 1.807) is 6.26 Å². The summed E-state index contributed by atoms with van der Waals surface area (Å²) in [5, 5.41) is 10.1. The summed E-state index contributed by atoms with van der Waals surface area (Å²) in [5.74, 6) is -0.302. The van der Waals surface area contributed by atoms with E-state index in [1.807, 2.05) is 0 Å². The number of allylic oxidation sites excluding steroid dienone is 1. The Labute approximate surface area is 50.5 Å². The Morgan fingerprint density at radius 3 is 3.43 bits per heavy atom. The van der Waals surface area contributed by atoms with Crippen LogP contribution in [0.4, 0.5) is 0 Å². The second-order valence-electron chi connectivity index (χ2n) is 0.883. The molecular formula is C5H8OS. The van der Waals surface area contributed by atoms with Crippen molar-refractivity contribution in [2.24, 2.45) is 0 Å². The summed E-state index contributed by atoms with van der Waals surface area (Å²) in [5.41, 5.74) is 0. The zero-order valence-electron chi connectivity index (χ0n) is 6.01. The molecule has 0 rings (SSSR count). The maximum atomic E-state index is 8.66. The summed E-state index contributed by atoms with van der Waals surface area (Å²) < 4.78 is 13.5. The minimum absolute atomic E-state index is 0.0162. The zero-order valence-corrected chi connectivity index (χ0v) is 4.83. The first-order valence-corrected chi connectivity index (χ1v) is 2.98. The topological polar surface area (TPSA) is 20.2 Å². The van der Waals surface area contributed by atoms with Crippen molar-refractivity contribution in [3.05, 3.63) is 23.8 Å². The van der Waals surface area contributed by atoms with Crippen LogP contribution in [0.5, 0.6) is 0 Å². The van der Waals surface area contributed by atoms with Crippen LogP contribution in [-0.4, -0.2) is 11.4 Å². The molecule has 2 heteroatoms. The largest absolute Gasteiger partial charge is 0.509 e. The number of hydrogen-bond donors (Lipinski definition) is 1. The van der Waals surface area contributed by atoms with Crippen LogP contribution in [0.2, 0.25) is 0 Å². The number of hydrogen-bond acceptors (Lipinski definition) is 2. The third kappa shape index (κ3) is 5.63. The second-order valence-corrected chi connectivity index (χ2v) is 1.59. The van der Waals surface area contributed by atoms with Crippen molar-refractivity contribution in [2.75, 3.05) is 6.26 Å². The van der Waals surface area contributed by atoms with Gasteiger partial charge in [-0.05, 0) is 17.7 Å². The molecule has 0 amide bonds. The van der Waals surface area contributed by atoms with E-state index in [4.69, 9.17) is 7.85 Å². The minimum atomic E-state index is -0.302. The summed E-state index contributed by atoms with van der Waals surface area (Å²) in [6.07, 6.45) is 1.78. The van der Waals surface area contributed by atoms with Gasteiger partial charge in [0, 0.05) is 0 Å². The Morgan fingerprint density at radius 2 is 3.00 bits per heavy atom. The van der Waals surface area contributed by atoms with Gasteiger partial charge in [-0.1, -0.05) is 6.55 Å². The fraction of sp³-hybridized carbons (Fsp3) is 0.200. The van der Waals surface area contributed by atoms with Gasteiger partial charge in [-0.2, -0.15) is 0 Å². The quantitative estimate of drug-likeness (QED) is 0.441. The average molecular weight is 118 g/mol. The molecule has 0 aliphatic heterocycles. The Balaban J connectivity index is 4.03. The normalized spacial score (nSPS) is 18.4. The lowest BCUT2D eigenvalue weighted by Crippen LogP contribution is -1.62. The average Bonchev–Trinajstić information content (AvgIpc) is 1.87. The number of aliphatic hydroxyl groups is 1. The zero-order chi connectivity index (χ0) is 7.28. The lowest BCUT2D eigenvalue weighted by atomic mass is 10.6. The van der Waals surface area contributed by atoms with E-state index >= 15 is 0 Å². The van der Waals surface area contributed by atoms with E-state index in [0.29, 0.717) is 0 Å². The SMILES string of the molecule is [2H]C=C(O)/C([2H])=C/SC. The van der Waals surface area contributed by atoms with Crippen molar-refractivity contribution >= 4 is 11.8 Å². The second kappa shape index (κ2) is 3.81. The van der Waals surface area contributed by atoms with Gasteiger partial charge in [0.2, 0.25) is 0 Å². The van der Waals surface area contributed by atoms with Gasteiger partial charge < -0.3 is 5.11 Å². The summed E-state index contributed by atoms with van der Waals surface area (Å²) >= 11 is 1.32. The van der Waals surface area contributed by atoms with Gasteiger partial charge in [0.15, 0.2) is 0 Å². The Hall–Kier alpha value is -0.370. The van der Waals surface area contributed by atoms with Crippen molar-refractivity contribution in [1.29, 1.82) is 0 Å². The lowest BCUT2D eigenvalue weighted by molar-refractivity contribution is 0.435. The molecular weight excluding hydrogens is 108 g/mol. The molecule has 0 radical (unpaired) electrons. The molecule has 0 saturated heterocycles. The monoisotopic (exact) mass is 118 g/mol. The van der Waals surface area contributed by atoms with Crippen LogP contribution in [0.3, 0.4) is 0 Å². The van der Waals surface area contributed by atoms with E-state index in [9.17, 15) is 0 Å². The maximum Gasteiger partial charge on any atom is 0.108 e. The molecule has 0 bridgehead atoms. The molecule has 0 unspecified atom stereocenters. The van der Waals surface area contributed by atoms with Gasteiger partial charge in [-0.25, -0.2) is 0 Å².